The summed E-state index contributed by atoms with van der Waals surface area (Å²) in [5, 5.41) is 16.0. The van der Waals surface area contributed by atoms with E-state index >= 15 is 0 Å². The van der Waals surface area contributed by atoms with E-state index in [1.807, 2.05) is 19.9 Å². The summed E-state index contributed by atoms with van der Waals surface area (Å²) in [7, 11) is 0. The molecule has 0 bridgehead atoms. The largest absolute Gasteiger partial charge is 0.598 e. The van der Waals surface area contributed by atoms with Gasteiger partial charge in [0.25, 0.3) is 0 Å². The van der Waals surface area contributed by atoms with Gasteiger partial charge in [0.05, 0.1) is 11.6 Å². The molecule has 0 aliphatic carbocycles. The summed E-state index contributed by atoms with van der Waals surface area (Å²) < 4.78 is 24.5. The highest BCUT2D eigenvalue weighted by atomic mass is 35.5. The van der Waals surface area contributed by atoms with Crippen LogP contribution < -0.4 is 5.14 Å². The minimum absolute atomic E-state index is 0.278. The second-order valence-electron chi connectivity index (χ2n) is 6.45. The third-order valence-corrected chi connectivity index (χ3v) is 7.26. The van der Waals surface area contributed by atoms with Crippen LogP contribution in [0.4, 0.5) is 4.39 Å². The molecule has 26 heavy (non-hydrogen) atoms. The SMILES string of the molecule is CC(C)(CCc1cc(Cl)cc(Cl)c1Sc1ccc(F)cc1CO)[S+](N)[O-]. The number of benzene rings is 2. The van der Waals surface area contributed by atoms with Gasteiger partial charge in [-0.1, -0.05) is 35.0 Å². The molecular weight excluding hydrogens is 416 g/mol. The fourth-order valence-corrected chi connectivity index (χ4v) is 4.34. The number of aliphatic hydroxyl groups excluding tert-OH is 1. The number of hydrogen-bond donors (Lipinski definition) is 2. The van der Waals surface area contributed by atoms with Gasteiger partial charge in [-0.25, -0.2) is 4.39 Å². The Morgan fingerprint density at radius 1 is 1.23 bits per heavy atom. The van der Waals surface area contributed by atoms with Gasteiger partial charge in [-0.05, 0) is 61.7 Å². The number of hydrogen-bond acceptors (Lipinski definition) is 4. The summed E-state index contributed by atoms with van der Waals surface area (Å²) >= 11 is 12.4. The van der Waals surface area contributed by atoms with E-state index in [1.165, 1.54) is 23.9 Å². The van der Waals surface area contributed by atoms with Crippen molar-refractivity contribution in [2.75, 3.05) is 0 Å². The minimum atomic E-state index is -1.46. The first-order valence-electron chi connectivity index (χ1n) is 7.85. The number of halogens is 3. The molecule has 0 heterocycles. The van der Waals surface area contributed by atoms with Crippen molar-refractivity contribution in [3.8, 4) is 0 Å². The Bertz CT molecular complexity index is 788. The topological polar surface area (TPSA) is 69.3 Å². The quantitative estimate of drug-likeness (QED) is 0.592. The predicted molar refractivity (Wildman–Crippen MR) is 108 cm³/mol. The molecule has 0 aliphatic heterocycles. The van der Waals surface area contributed by atoms with Gasteiger partial charge in [0.15, 0.2) is 0 Å². The maximum Gasteiger partial charge on any atom is 0.139 e. The van der Waals surface area contributed by atoms with Crippen molar-refractivity contribution in [3.05, 3.63) is 57.3 Å². The number of aliphatic hydroxyl groups is 1. The van der Waals surface area contributed by atoms with E-state index in [0.717, 1.165) is 10.5 Å². The molecule has 3 nitrogen and oxygen atoms in total. The van der Waals surface area contributed by atoms with Crippen molar-refractivity contribution in [2.24, 2.45) is 5.14 Å². The Hall–Kier alpha value is -0.470. The van der Waals surface area contributed by atoms with Crippen LogP contribution in [0.3, 0.4) is 0 Å². The van der Waals surface area contributed by atoms with Crippen LogP contribution in [0.5, 0.6) is 0 Å². The number of rotatable bonds is 7. The lowest BCUT2D eigenvalue weighted by Gasteiger charge is -2.24. The van der Waals surface area contributed by atoms with E-state index in [4.69, 9.17) is 28.3 Å². The molecule has 0 amide bonds. The lowest BCUT2D eigenvalue weighted by Crippen LogP contribution is -2.38. The minimum Gasteiger partial charge on any atom is -0.598 e. The third kappa shape index (κ3) is 5.52. The molecule has 0 aromatic heterocycles. The average Bonchev–Trinajstić information content (AvgIpc) is 2.56. The first-order chi connectivity index (χ1) is 12.1. The molecule has 2 aromatic carbocycles. The van der Waals surface area contributed by atoms with Gasteiger partial charge in [-0.2, -0.15) is 5.14 Å². The fraction of sp³-hybridized carbons (Fsp3) is 0.333. The standard InChI is InChI=1S/C18H20Cl2FNO2S2/c1-18(2,26(22)24)6-5-11-7-13(19)9-15(20)17(11)25-16-4-3-14(21)8-12(16)10-23/h3-4,7-9,23H,5-6,10,22H2,1-2H3. The fourth-order valence-electron chi connectivity index (χ4n) is 2.33. The van der Waals surface area contributed by atoms with Crippen LogP contribution >= 0.6 is 35.0 Å². The first kappa shape index (κ1) is 21.8. The van der Waals surface area contributed by atoms with Crippen molar-refractivity contribution >= 4 is 46.3 Å². The summed E-state index contributed by atoms with van der Waals surface area (Å²) in [5.41, 5.74) is 1.37. The normalized spacial score (nSPS) is 13.1. The van der Waals surface area contributed by atoms with E-state index in [0.29, 0.717) is 33.3 Å². The molecular formula is C18H20Cl2FNO2S2. The molecule has 0 radical (unpaired) electrons. The highest BCUT2D eigenvalue weighted by molar-refractivity contribution is 7.99. The molecule has 8 heteroatoms. The van der Waals surface area contributed by atoms with Crippen LogP contribution in [0.25, 0.3) is 0 Å². The van der Waals surface area contributed by atoms with E-state index in [9.17, 15) is 14.0 Å². The van der Waals surface area contributed by atoms with E-state index in [2.05, 4.69) is 0 Å². The van der Waals surface area contributed by atoms with Crippen LogP contribution in [0.2, 0.25) is 10.0 Å². The zero-order chi connectivity index (χ0) is 19.5. The van der Waals surface area contributed by atoms with E-state index in [1.54, 1.807) is 12.1 Å². The molecule has 2 rings (SSSR count). The maximum absolute atomic E-state index is 13.4. The Morgan fingerprint density at radius 3 is 2.54 bits per heavy atom. The predicted octanol–water partition coefficient (Wildman–Crippen LogP) is 5.11. The van der Waals surface area contributed by atoms with Gasteiger partial charge >= 0.3 is 0 Å². The molecule has 0 aliphatic rings. The molecule has 142 valence electrons. The van der Waals surface area contributed by atoms with Crippen molar-refractivity contribution in [2.45, 2.75) is 47.8 Å². The van der Waals surface area contributed by atoms with Crippen LogP contribution in [0.15, 0.2) is 40.1 Å². The number of nitrogens with two attached hydrogens (primary N) is 1. The highest BCUT2D eigenvalue weighted by Crippen LogP contribution is 2.40. The lowest BCUT2D eigenvalue weighted by molar-refractivity contribution is 0.278. The summed E-state index contributed by atoms with van der Waals surface area (Å²) in [5.74, 6) is -0.409. The molecule has 0 spiro atoms. The highest BCUT2D eigenvalue weighted by Gasteiger charge is 2.30. The van der Waals surface area contributed by atoms with Gasteiger partial charge in [0.2, 0.25) is 0 Å². The molecule has 1 atom stereocenters. The first-order valence-corrected chi connectivity index (χ1v) is 10.6. The molecule has 0 fully saturated rings. The van der Waals surface area contributed by atoms with E-state index < -0.39 is 21.9 Å². The van der Waals surface area contributed by atoms with Gasteiger partial charge in [0, 0.05) is 32.6 Å². The van der Waals surface area contributed by atoms with Gasteiger partial charge in [-0.3, -0.25) is 0 Å². The summed E-state index contributed by atoms with van der Waals surface area (Å²) in [6.45, 7) is 3.40. The average molecular weight is 436 g/mol. The summed E-state index contributed by atoms with van der Waals surface area (Å²) in [6.07, 6.45) is 1.16. The smallest absolute Gasteiger partial charge is 0.139 e. The van der Waals surface area contributed by atoms with Gasteiger partial charge in [-0.15, -0.1) is 0 Å². The molecule has 2 aromatic rings. The van der Waals surface area contributed by atoms with Crippen LogP contribution in [-0.4, -0.2) is 14.4 Å². The van der Waals surface area contributed by atoms with Crippen molar-refractivity contribution in [1.82, 2.24) is 0 Å². The zero-order valence-electron chi connectivity index (χ0n) is 14.4. The second-order valence-corrected chi connectivity index (χ2v) is 10.0. The summed E-state index contributed by atoms with van der Waals surface area (Å²) in [4.78, 5) is 1.48. The van der Waals surface area contributed by atoms with Gasteiger partial charge < -0.3 is 9.66 Å². The second kappa shape index (κ2) is 9.15. The molecule has 1 unspecified atom stereocenters. The van der Waals surface area contributed by atoms with Crippen molar-refractivity contribution < 1.29 is 14.0 Å². The summed E-state index contributed by atoms with van der Waals surface area (Å²) in [6, 6.07) is 7.70. The van der Waals surface area contributed by atoms with Gasteiger partial charge in [0.1, 0.15) is 10.6 Å². The van der Waals surface area contributed by atoms with Crippen molar-refractivity contribution in [3.63, 3.8) is 0 Å². The maximum atomic E-state index is 13.4. The Labute approximate surface area is 170 Å². The Morgan fingerprint density at radius 2 is 1.92 bits per heavy atom. The lowest BCUT2D eigenvalue weighted by atomic mass is 10.0. The molecule has 0 saturated carbocycles. The third-order valence-electron chi connectivity index (χ3n) is 4.03. The molecule has 3 N–H and O–H groups in total. The monoisotopic (exact) mass is 435 g/mol. The molecule has 0 saturated heterocycles. The zero-order valence-corrected chi connectivity index (χ0v) is 17.5. The van der Waals surface area contributed by atoms with Crippen LogP contribution in [-0.2, 0) is 24.4 Å². The van der Waals surface area contributed by atoms with Crippen molar-refractivity contribution in [1.29, 1.82) is 0 Å². The van der Waals surface area contributed by atoms with Crippen LogP contribution in [0.1, 0.15) is 31.4 Å². The van der Waals surface area contributed by atoms with Crippen LogP contribution in [0, 0.1) is 5.82 Å². The Balaban J connectivity index is 2.36. The van der Waals surface area contributed by atoms with E-state index in [-0.39, 0.29) is 6.61 Å². The number of aryl methyl sites for hydroxylation is 1. The Kier molecular flexibility index (Phi) is 7.68.